The third kappa shape index (κ3) is 5.10. The van der Waals surface area contributed by atoms with Crippen molar-refractivity contribution in [2.45, 2.75) is 6.92 Å². The van der Waals surface area contributed by atoms with E-state index in [1.54, 1.807) is 30.3 Å². The second-order valence-corrected chi connectivity index (χ2v) is 5.85. The summed E-state index contributed by atoms with van der Waals surface area (Å²) in [5.41, 5.74) is 2.03. The van der Waals surface area contributed by atoms with Gasteiger partial charge in [0, 0.05) is 17.2 Å². The maximum absolute atomic E-state index is 12.2. The van der Waals surface area contributed by atoms with Gasteiger partial charge in [0.15, 0.2) is 6.61 Å². The Bertz CT molecular complexity index is 842. The number of hydrogen-bond donors (Lipinski definition) is 0. The van der Waals surface area contributed by atoms with Crippen LogP contribution in [0.5, 0.6) is 11.5 Å². The van der Waals surface area contributed by atoms with Gasteiger partial charge in [-0.05, 0) is 42.3 Å². The molecule has 0 aliphatic rings. The zero-order chi connectivity index (χ0) is 19.1. The second-order valence-electron chi connectivity index (χ2n) is 5.44. The lowest BCUT2D eigenvalue weighted by molar-refractivity contribution is -0.136. The van der Waals surface area contributed by atoms with Crippen molar-refractivity contribution >= 4 is 29.4 Å². The fourth-order valence-corrected chi connectivity index (χ4v) is 2.36. The van der Waals surface area contributed by atoms with Gasteiger partial charge in [0.2, 0.25) is 5.78 Å². The zero-order valence-corrected chi connectivity index (χ0v) is 15.5. The van der Waals surface area contributed by atoms with Gasteiger partial charge in [-0.2, -0.15) is 0 Å². The molecule has 2 rings (SSSR count). The van der Waals surface area contributed by atoms with Crippen molar-refractivity contribution in [2.75, 3.05) is 20.8 Å². The molecule has 0 aliphatic heterocycles. The fraction of sp³-hybridized carbons (Fsp3) is 0.200. The maximum Gasteiger partial charge on any atom is 0.331 e. The van der Waals surface area contributed by atoms with Gasteiger partial charge >= 0.3 is 5.97 Å². The summed E-state index contributed by atoms with van der Waals surface area (Å²) in [5.74, 6) is -0.0718. The first-order valence-corrected chi connectivity index (χ1v) is 8.18. The van der Waals surface area contributed by atoms with E-state index < -0.39 is 5.97 Å². The average molecular weight is 375 g/mol. The quantitative estimate of drug-likeness (QED) is 0.414. The number of benzene rings is 2. The van der Waals surface area contributed by atoms with Gasteiger partial charge in [0.25, 0.3) is 0 Å². The molecule has 5 nitrogen and oxygen atoms in total. The van der Waals surface area contributed by atoms with E-state index >= 15 is 0 Å². The first-order valence-electron chi connectivity index (χ1n) is 7.81. The summed E-state index contributed by atoms with van der Waals surface area (Å²) in [7, 11) is 2.97. The Hall–Kier alpha value is -2.79. The fourth-order valence-electron chi connectivity index (χ4n) is 2.17. The van der Waals surface area contributed by atoms with Crippen LogP contribution in [-0.2, 0) is 9.53 Å². The Morgan fingerprint density at radius 3 is 2.50 bits per heavy atom. The molecule has 0 saturated carbocycles. The number of hydrogen-bond acceptors (Lipinski definition) is 5. The number of carbonyl (C=O) groups is 2. The van der Waals surface area contributed by atoms with Crippen LogP contribution in [0, 0.1) is 6.92 Å². The van der Waals surface area contributed by atoms with Gasteiger partial charge in [0.1, 0.15) is 11.5 Å². The molecule has 2 aromatic carbocycles. The van der Waals surface area contributed by atoms with Gasteiger partial charge in [-0.15, -0.1) is 0 Å². The Morgan fingerprint density at radius 2 is 1.85 bits per heavy atom. The third-order valence-corrected chi connectivity index (χ3v) is 4.07. The van der Waals surface area contributed by atoms with E-state index in [4.69, 9.17) is 25.8 Å². The van der Waals surface area contributed by atoms with E-state index in [-0.39, 0.29) is 12.4 Å². The van der Waals surface area contributed by atoms with Crippen molar-refractivity contribution < 1.29 is 23.8 Å². The Balaban J connectivity index is 1.97. The van der Waals surface area contributed by atoms with E-state index in [9.17, 15) is 9.59 Å². The van der Waals surface area contributed by atoms with E-state index in [0.717, 1.165) is 11.1 Å². The molecule has 0 spiro atoms. The Kier molecular flexibility index (Phi) is 6.81. The highest BCUT2D eigenvalue weighted by molar-refractivity contribution is 6.31. The maximum atomic E-state index is 12.2. The molecule has 6 heteroatoms. The minimum atomic E-state index is -0.623. The average Bonchev–Trinajstić information content (AvgIpc) is 2.66. The molecule has 0 unspecified atom stereocenters. The lowest BCUT2D eigenvalue weighted by atomic mass is 10.1. The summed E-state index contributed by atoms with van der Waals surface area (Å²) < 4.78 is 15.3. The predicted molar refractivity (Wildman–Crippen MR) is 100 cm³/mol. The van der Waals surface area contributed by atoms with Crippen LogP contribution in [0.25, 0.3) is 6.08 Å². The van der Waals surface area contributed by atoms with Crippen LogP contribution in [0.3, 0.4) is 0 Å². The van der Waals surface area contributed by atoms with Gasteiger partial charge in [0.05, 0.1) is 19.8 Å². The number of methoxy groups -OCH3 is 2. The first-order chi connectivity index (χ1) is 12.4. The van der Waals surface area contributed by atoms with Gasteiger partial charge in [-0.25, -0.2) is 4.79 Å². The van der Waals surface area contributed by atoms with Crippen molar-refractivity contribution in [3.63, 3.8) is 0 Å². The monoisotopic (exact) mass is 374 g/mol. The minimum absolute atomic E-state index is 0.315. The van der Waals surface area contributed by atoms with Gasteiger partial charge in [-0.1, -0.05) is 23.7 Å². The smallest absolute Gasteiger partial charge is 0.331 e. The Labute approximate surface area is 157 Å². The number of rotatable bonds is 7. The molecule has 2 aromatic rings. The molecular weight excluding hydrogens is 356 g/mol. The zero-order valence-electron chi connectivity index (χ0n) is 14.7. The summed E-state index contributed by atoms with van der Waals surface area (Å²) in [6, 6.07) is 10.2. The highest BCUT2D eigenvalue weighted by Crippen LogP contribution is 2.25. The third-order valence-electron chi connectivity index (χ3n) is 3.66. The van der Waals surface area contributed by atoms with Crippen molar-refractivity contribution in [1.29, 1.82) is 0 Å². The van der Waals surface area contributed by atoms with Crippen LogP contribution in [0.2, 0.25) is 5.02 Å². The van der Waals surface area contributed by atoms with Crippen LogP contribution in [-0.4, -0.2) is 32.6 Å². The molecule has 0 heterocycles. The van der Waals surface area contributed by atoms with Crippen molar-refractivity contribution in [2.24, 2.45) is 0 Å². The first kappa shape index (κ1) is 19.5. The number of carbonyl (C=O) groups excluding carboxylic acids is 2. The van der Waals surface area contributed by atoms with Crippen molar-refractivity contribution in [3.8, 4) is 11.5 Å². The lowest BCUT2D eigenvalue weighted by Crippen LogP contribution is -2.13. The second kappa shape index (κ2) is 9.06. The van der Waals surface area contributed by atoms with E-state index in [2.05, 4.69) is 0 Å². The minimum Gasteiger partial charge on any atom is -0.497 e. The van der Waals surface area contributed by atoms with Crippen LogP contribution in [0.4, 0.5) is 0 Å². The summed E-state index contributed by atoms with van der Waals surface area (Å²) in [5, 5.41) is 0.613. The molecule has 0 fully saturated rings. The predicted octanol–water partition coefficient (Wildman–Crippen LogP) is 4.10. The molecular formula is C20H19ClO5. The van der Waals surface area contributed by atoms with Crippen molar-refractivity contribution in [1.82, 2.24) is 0 Å². The van der Waals surface area contributed by atoms with E-state index in [1.807, 2.05) is 19.1 Å². The number of aryl methyl sites for hydroxylation is 1. The highest BCUT2D eigenvalue weighted by atomic mass is 35.5. The molecule has 0 amide bonds. The summed E-state index contributed by atoms with van der Waals surface area (Å²) in [6.45, 7) is 1.50. The molecule has 0 aromatic heterocycles. The molecule has 0 bridgehead atoms. The van der Waals surface area contributed by atoms with Crippen LogP contribution in [0.1, 0.15) is 21.5 Å². The van der Waals surface area contributed by atoms with E-state index in [0.29, 0.717) is 22.1 Å². The summed E-state index contributed by atoms with van der Waals surface area (Å²) in [6.07, 6.45) is 2.83. The van der Waals surface area contributed by atoms with Crippen molar-refractivity contribution in [3.05, 3.63) is 64.2 Å². The van der Waals surface area contributed by atoms with Gasteiger partial charge in [-0.3, -0.25) is 4.79 Å². The molecule has 0 saturated heterocycles. The molecule has 26 heavy (non-hydrogen) atoms. The number of ether oxygens (including phenoxy) is 3. The molecule has 0 atom stereocenters. The molecule has 0 radical (unpaired) electrons. The topological polar surface area (TPSA) is 61.8 Å². The molecule has 136 valence electrons. The molecule has 0 N–H and O–H groups in total. The number of halogens is 1. The number of ketones is 1. The normalized spacial score (nSPS) is 10.6. The van der Waals surface area contributed by atoms with E-state index in [1.165, 1.54) is 20.3 Å². The van der Waals surface area contributed by atoms with Crippen LogP contribution in [0.15, 0.2) is 42.5 Å². The number of esters is 1. The summed E-state index contributed by atoms with van der Waals surface area (Å²) >= 11 is 6.03. The largest absolute Gasteiger partial charge is 0.497 e. The summed E-state index contributed by atoms with van der Waals surface area (Å²) in [4.78, 5) is 24.1. The number of Topliss-reactive ketones (excluding diaryl/α,β-unsaturated/α-hetero) is 1. The standard InChI is InChI=1S/C20H19ClO5/c1-13-4-5-14(10-17(13)21)6-9-20(23)26-12-18(22)16-8-7-15(24-2)11-19(16)25-3/h4-11H,12H2,1-3H3/b9-6+. The van der Waals surface area contributed by atoms with Crippen LogP contribution < -0.4 is 9.47 Å². The highest BCUT2D eigenvalue weighted by Gasteiger charge is 2.14. The SMILES string of the molecule is COc1ccc(C(=O)COC(=O)/C=C/c2ccc(C)c(Cl)c2)c(OC)c1. The van der Waals surface area contributed by atoms with Gasteiger partial charge < -0.3 is 14.2 Å². The lowest BCUT2D eigenvalue weighted by Gasteiger charge is -2.09. The van der Waals surface area contributed by atoms with Crippen LogP contribution >= 0.6 is 11.6 Å². The Morgan fingerprint density at radius 1 is 1.08 bits per heavy atom. The molecule has 0 aliphatic carbocycles.